The number of carbonyl (C=O) groups excluding carboxylic acids is 1. The van der Waals surface area contributed by atoms with Crippen molar-refractivity contribution in [2.24, 2.45) is 11.8 Å². The quantitative estimate of drug-likeness (QED) is 0.587. The van der Waals surface area contributed by atoms with Crippen molar-refractivity contribution in [3.05, 3.63) is 59.7 Å². The number of aromatic nitrogens is 2. The predicted octanol–water partition coefficient (Wildman–Crippen LogP) is 4.05. The molecular weight excluding hydrogens is 444 g/mol. The molecule has 7 nitrogen and oxygen atoms in total. The maximum Gasteiger partial charge on any atom is 0.243 e. The van der Waals surface area contributed by atoms with E-state index in [-0.39, 0.29) is 17.2 Å². The Kier molecular flexibility index (Phi) is 6.68. The summed E-state index contributed by atoms with van der Waals surface area (Å²) in [6.45, 7) is 5.25. The molecule has 9 heteroatoms. The van der Waals surface area contributed by atoms with Crippen LogP contribution in [0.15, 0.2) is 58.9 Å². The first kappa shape index (κ1) is 22.6. The zero-order valence-corrected chi connectivity index (χ0v) is 19.7. The summed E-state index contributed by atoms with van der Waals surface area (Å²) in [5.41, 5.74) is 1.99. The van der Waals surface area contributed by atoms with Gasteiger partial charge in [0.1, 0.15) is 5.01 Å². The first-order valence-electron chi connectivity index (χ1n) is 10.6. The van der Waals surface area contributed by atoms with Crippen LogP contribution in [-0.2, 0) is 21.2 Å². The summed E-state index contributed by atoms with van der Waals surface area (Å²) in [4.78, 5) is 21.4. The number of thiazole rings is 1. The molecule has 4 rings (SSSR count). The summed E-state index contributed by atoms with van der Waals surface area (Å²) < 4.78 is 27.6. The summed E-state index contributed by atoms with van der Waals surface area (Å²) in [5.74, 6) is 0.476. The number of pyridine rings is 1. The van der Waals surface area contributed by atoms with E-state index in [4.69, 9.17) is 0 Å². The third-order valence-electron chi connectivity index (χ3n) is 5.39. The number of amides is 1. The summed E-state index contributed by atoms with van der Waals surface area (Å²) in [5, 5.41) is 5.43. The normalized spacial score (nSPS) is 19.6. The Bertz CT molecular complexity index is 1170. The number of benzene rings is 1. The molecule has 0 radical (unpaired) electrons. The molecule has 1 fully saturated rings. The minimum absolute atomic E-state index is 0.132. The van der Waals surface area contributed by atoms with E-state index < -0.39 is 10.0 Å². The van der Waals surface area contributed by atoms with Gasteiger partial charge in [-0.2, -0.15) is 4.31 Å². The number of carbonyl (C=O) groups is 1. The number of hydrogen-bond acceptors (Lipinski definition) is 6. The molecule has 32 heavy (non-hydrogen) atoms. The van der Waals surface area contributed by atoms with E-state index in [2.05, 4.69) is 29.1 Å². The van der Waals surface area contributed by atoms with Gasteiger partial charge in [-0.25, -0.2) is 13.4 Å². The van der Waals surface area contributed by atoms with Gasteiger partial charge >= 0.3 is 0 Å². The second-order valence-electron chi connectivity index (χ2n) is 8.38. The van der Waals surface area contributed by atoms with E-state index in [1.54, 1.807) is 34.8 Å². The highest BCUT2D eigenvalue weighted by Crippen LogP contribution is 2.27. The van der Waals surface area contributed by atoms with Gasteiger partial charge < -0.3 is 5.32 Å². The van der Waals surface area contributed by atoms with Gasteiger partial charge in [0.2, 0.25) is 15.9 Å². The number of sulfonamides is 1. The van der Waals surface area contributed by atoms with Crippen LogP contribution in [0.3, 0.4) is 0 Å². The number of anilines is 1. The highest BCUT2D eigenvalue weighted by Gasteiger charge is 2.31. The van der Waals surface area contributed by atoms with E-state index in [1.807, 2.05) is 23.6 Å². The highest BCUT2D eigenvalue weighted by atomic mass is 32.2. The predicted molar refractivity (Wildman–Crippen MR) is 126 cm³/mol. The molecule has 0 aliphatic carbocycles. The molecule has 1 amide bonds. The fourth-order valence-corrected chi connectivity index (χ4v) is 6.50. The van der Waals surface area contributed by atoms with Crippen molar-refractivity contribution < 1.29 is 13.2 Å². The number of nitrogens with zero attached hydrogens (tertiary/aromatic N) is 3. The van der Waals surface area contributed by atoms with Gasteiger partial charge in [-0.3, -0.25) is 9.78 Å². The van der Waals surface area contributed by atoms with Crippen LogP contribution in [0.5, 0.6) is 0 Å². The maximum atomic E-state index is 13.0. The number of piperidine rings is 1. The first-order valence-corrected chi connectivity index (χ1v) is 12.9. The third-order valence-corrected chi connectivity index (χ3v) is 8.15. The van der Waals surface area contributed by atoms with Crippen molar-refractivity contribution in [1.82, 2.24) is 14.3 Å². The Morgan fingerprint density at radius 1 is 1.12 bits per heavy atom. The van der Waals surface area contributed by atoms with Crippen molar-refractivity contribution >= 4 is 33.0 Å². The maximum absolute atomic E-state index is 13.0. The smallest absolute Gasteiger partial charge is 0.243 e. The molecule has 1 aromatic carbocycles. The Morgan fingerprint density at radius 2 is 1.84 bits per heavy atom. The summed E-state index contributed by atoms with van der Waals surface area (Å²) in [6.07, 6.45) is 2.88. The lowest BCUT2D eigenvalue weighted by Gasteiger charge is -2.34. The van der Waals surface area contributed by atoms with Crippen molar-refractivity contribution in [1.29, 1.82) is 0 Å². The molecule has 1 saturated heterocycles. The lowest BCUT2D eigenvalue weighted by molar-refractivity contribution is -0.115. The Balaban J connectivity index is 1.38. The van der Waals surface area contributed by atoms with Crippen LogP contribution in [0, 0.1) is 11.8 Å². The highest BCUT2D eigenvalue weighted by molar-refractivity contribution is 7.89. The fourth-order valence-electron chi connectivity index (χ4n) is 4.03. The van der Waals surface area contributed by atoms with Crippen LogP contribution in [-0.4, -0.2) is 41.7 Å². The standard InChI is InChI=1S/C23H26N4O3S2/c1-16-11-17(2)14-27(13-16)32(29,30)20-8-6-18(7-9-20)25-22(28)12-19-15-31-23(26-19)21-5-3-4-10-24-21/h3-10,15-17H,11-14H2,1-2H3,(H,25,28). The second-order valence-corrected chi connectivity index (χ2v) is 11.2. The van der Waals surface area contributed by atoms with E-state index in [9.17, 15) is 13.2 Å². The average molecular weight is 471 g/mol. The molecule has 0 bridgehead atoms. The lowest BCUT2D eigenvalue weighted by atomic mass is 9.94. The van der Waals surface area contributed by atoms with Crippen molar-refractivity contribution in [3.8, 4) is 10.7 Å². The summed E-state index contributed by atoms with van der Waals surface area (Å²) in [7, 11) is -3.54. The Hall–Kier alpha value is -2.62. The van der Waals surface area contributed by atoms with Gasteiger partial charge in [-0.15, -0.1) is 11.3 Å². The Morgan fingerprint density at radius 3 is 2.50 bits per heavy atom. The van der Waals surface area contributed by atoms with E-state index >= 15 is 0 Å². The van der Waals surface area contributed by atoms with Crippen LogP contribution < -0.4 is 5.32 Å². The van der Waals surface area contributed by atoms with Crippen molar-refractivity contribution in [2.75, 3.05) is 18.4 Å². The summed E-state index contributed by atoms with van der Waals surface area (Å²) >= 11 is 1.44. The average Bonchev–Trinajstić information content (AvgIpc) is 3.22. The second kappa shape index (κ2) is 9.48. The fraction of sp³-hybridized carbons (Fsp3) is 0.348. The SMILES string of the molecule is CC1CC(C)CN(S(=O)(=O)c2ccc(NC(=O)Cc3csc(-c4ccccn4)n3)cc2)C1. The molecule has 0 saturated carbocycles. The molecular formula is C23H26N4O3S2. The van der Waals surface area contributed by atoms with Crippen molar-refractivity contribution in [2.45, 2.75) is 31.6 Å². The minimum atomic E-state index is -3.54. The van der Waals surface area contributed by atoms with E-state index in [0.29, 0.717) is 36.3 Å². The Labute approximate surface area is 192 Å². The molecule has 3 aromatic rings. The summed E-state index contributed by atoms with van der Waals surface area (Å²) in [6, 6.07) is 12.0. The van der Waals surface area contributed by atoms with Gasteiger partial charge in [0, 0.05) is 30.4 Å². The largest absolute Gasteiger partial charge is 0.326 e. The van der Waals surface area contributed by atoms with Crippen LogP contribution in [0.1, 0.15) is 26.0 Å². The van der Waals surface area contributed by atoms with Gasteiger partial charge in [0.05, 0.1) is 22.7 Å². The minimum Gasteiger partial charge on any atom is -0.326 e. The zero-order valence-electron chi connectivity index (χ0n) is 18.1. The van der Waals surface area contributed by atoms with Crippen LogP contribution >= 0.6 is 11.3 Å². The lowest BCUT2D eigenvalue weighted by Crippen LogP contribution is -2.42. The first-order chi connectivity index (χ1) is 15.3. The molecule has 0 spiro atoms. The molecule has 1 aliphatic heterocycles. The van der Waals surface area contributed by atoms with Crippen molar-refractivity contribution in [3.63, 3.8) is 0 Å². The zero-order chi connectivity index (χ0) is 22.7. The van der Waals surface area contributed by atoms with E-state index in [0.717, 1.165) is 17.1 Å². The monoisotopic (exact) mass is 470 g/mol. The number of hydrogen-bond donors (Lipinski definition) is 1. The molecule has 2 atom stereocenters. The molecule has 1 N–H and O–H groups in total. The van der Waals surface area contributed by atoms with E-state index in [1.165, 1.54) is 11.3 Å². The molecule has 2 unspecified atom stereocenters. The van der Waals surface area contributed by atoms with Crippen LogP contribution in [0.25, 0.3) is 10.7 Å². The van der Waals surface area contributed by atoms with Gasteiger partial charge in [0.15, 0.2) is 0 Å². The topological polar surface area (TPSA) is 92.3 Å². The molecule has 3 heterocycles. The molecule has 2 aromatic heterocycles. The van der Waals surface area contributed by atoms with Gasteiger partial charge in [-0.1, -0.05) is 19.9 Å². The van der Waals surface area contributed by atoms with Crippen LogP contribution in [0.4, 0.5) is 5.69 Å². The van der Waals surface area contributed by atoms with Crippen LogP contribution in [0.2, 0.25) is 0 Å². The van der Waals surface area contributed by atoms with Gasteiger partial charge in [-0.05, 0) is 54.7 Å². The molecule has 1 aliphatic rings. The van der Waals surface area contributed by atoms with Gasteiger partial charge in [0.25, 0.3) is 0 Å². The third kappa shape index (κ3) is 5.23. The molecule has 168 valence electrons. The number of rotatable bonds is 6. The number of nitrogens with one attached hydrogen (secondary N) is 1.